The lowest BCUT2D eigenvalue weighted by molar-refractivity contribution is -0.118. The molecule has 5 heteroatoms. The molecule has 1 amide bonds. The predicted octanol–water partition coefficient (Wildman–Crippen LogP) is 2.54. The Bertz CT molecular complexity index is 371. The van der Waals surface area contributed by atoms with Crippen molar-refractivity contribution in [2.24, 2.45) is 0 Å². The molecule has 0 aliphatic carbocycles. The van der Waals surface area contributed by atoms with Crippen LogP contribution in [0.2, 0.25) is 5.02 Å². The predicted molar refractivity (Wildman–Crippen MR) is 68.5 cm³/mol. The molecule has 0 atom stereocenters. The number of amides is 1. The maximum absolute atomic E-state index is 10.9. The number of ether oxygens (including phenoxy) is 1. The molecular weight excluding hydrogens is 293 g/mol. The number of hydrogen-bond donors (Lipinski definition) is 1. The van der Waals surface area contributed by atoms with E-state index in [1.807, 2.05) is 19.1 Å². The van der Waals surface area contributed by atoms with Crippen LogP contribution in [0.15, 0.2) is 18.2 Å². The summed E-state index contributed by atoms with van der Waals surface area (Å²) in [6.07, 6.45) is 0. The number of alkyl halides is 1. The lowest BCUT2D eigenvalue weighted by Gasteiger charge is -2.08. The van der Waals surface area contributed by atoms with E-state index in [0.29, 0.717) is 18.5 Å². The zero-order chi connectivity index (χ0) is 12.0. The number of carbonyl (C=O) groups excluding carboxylic acids is 1. The van der Waals surface area contributed by atoms with Crippen molar-refractivity contribution in [2.45, 2.75) is 6.92 Å². The van der Waals surface area contributed by atoms with E-state index in [2.05, 4.69) is 21.2 Å². The number of carbonyl (C=O) groups is 1. The van der Waals surface area contributed by atoms with Crippen LogP contribution in [0.1, 0.15) is 5.56 Å². The van der Waals surface area contributed by atoms with Crippen LogP contribution in [-0.4, -0.2) is 24.4 Å². The van der Waals surface area contributed by atoms with E-state index in [1.165, 1.54) is 0 Å². The molecule has 0 fully saturated rings. The van der Waals surface area contributed by atoms with Crippen LogP contribution in [0.25, 0.3) is 0 Å². The maximum atomic E-state index is 10.9. The summed E-state index contributed by atoms with van der Waals surface area (Å²) in [5.74, 6) is 0.714. The third kappa shape index (κ3) is 4.41. The van der Waals surface area contributed by atoms with Crippen LogP contribution in [0.4, 0.5) is 0 Å². The summed E-state index contributed by atoms with van der Waals surface area (Å²) in [4.78, 5) is 10.9. The minimum absolute atomic E-state index is 0.0455. The monoisotopic (exact) mass is 305 g/mol. The lowest BCUT2D eigenvalue weighted by atomic mass is 10.2. The van der Waals surface area contributed by atoms with Gasteiger partial charge in [-0.1, -0.05) is 27.5 Å². The summed E-state index contributed by atoms with van der Waals surface area (Å²) in [7, 11) is 0. The molecule has 0 heterocycles. The number of nitrogens with one attached hydrogen (secondary N) is 1. The molecule has 3 nitrogen and oxygen atoms in total. The highest BCUT2D eigenvalue weighted by atomic mass is 79.9. The molecule has 88 valence electrons. The molecule has 0 aliphatic rings. The Hall–Kier alpha value is -0.740. The Balaban J connectivity index is 2.32. The van der Waals surface area contributed by atoms with Crippen LogP contribution < -0.4 is 10.1 Å². The van der Waals surface area contributed by atoms with Crippen molar-refractivity contribution in [3.63, 3.8) is 0 Å². The van der Waals surface area contributed by atoms with Gasteiger partial charge in [0.25, 0.3) is 0 Å². The molecule has 0 aromatic heterocycles. The van der Waals surface area contributed by atoms with E-state index in [4.69, 9.17) is 16.3 Å². The molecule has 16 heavy (non-hydrogen) atoms. The number of benzene rings is 1. The molecule has 0 spiro atoms. The van der Waals surface area contributed by atoms with Gasteiger partial charge in [-0.15, -0.1) is 0 Å². The van der Waals surface area contributed by atoms with Crippen molar-refractivity contribution in [3.05, 3.63) is 28.8 Å². The highest BCUT2D eigenvalue weighted by Crippen LogP contribution is 2.20. The summed E-state index contributed by atoms with van der Waals surface area (Å²) in [6, 6.07) is 5.47. The molecule has 1 aromatic carbocycles. The van der Waals surface area contributed by atoms with Gasteiger partial charge in [0.05, 0.1) is 11.9 Å². The summed E-state index contributed by atoms with van der Waals surface area (Å²) in [5, 5.41) is 3.73. The standard InChI is InChI=1S/C11H13BrClNO2/c1-8-6-9(2-3-10(8)13)16-5-4-14-11(15)7-12/h2-3,6H,4-5,7H2,1H3,(H,14,15). The first kappa shape index (κ1) is 13.3. The first-order valence-corrected chi connectivity index (χ1v) is 6.35. The molecule has 0 saturated heterocycles. The fraction of sp³-hybridized carbons (Fsp3) is 0.364. The van der Waals surface area contributed by atoms with Gasteiger partial charge < -0.3 is 10.1 Å². The Morgan fingerprint density at radius 2 is 2.31 bits per heavy atom. The van der Waals surface area contributed by atoms with Gasteiger partial charge in [0.2, 0.25) is 5.91 Å². The normalized spacial score (nSPS) is 9.94. The van der Waals surface area contributed by atoms with Crippen LogP contribution >= 0.6 is 27.5 Å². The fourth-order valence-corrected chi connectivity index (χ4v) is 1.43. The Morgan fingerprint density at radius 1 is 1.56 bits per heavy atom. The van der Waals surface area contributed by atoms with E-state index in [9.17, 15) is 4.79 Å². The van der Waals surface area contributed by atoms with Crippen molar-refractivity contribution in [1.29, 1.82) is 0 Å². The van der Waals surface area contributed by atoms with Gasteiger partial charge in [0.1, 0.15) is 12.4 Å². The average Bonchev–Trinajstić information content (AvgIpc) is 2.28. The van der Waals surface area contributed by atoms with Crippen molar-refractivity contribution in [1.82, 2.24) is 5.32 Å². The molecule has 1 N–H and O–H groups in total. The minimum Gasteiger partial charge on any atom is -0.492 e. The van der Waals surface area contributed by atoms with Gasteiger partial charge in [-0.25, -0.2) is 0 Å². The van der Waals surface area contributed by atoms with Gasteiger partial charge in [0.15, 0.2) is 0 Å². The molecule has 1 aromatic rings. The summed E-state index contributed by atoms with van der Waals surface area (Å²) in [5.41, 5.74) is 0.976. The van der Waals surface area contributed by atoms with Crippen LogP contribution in [0, 0.1) is 6.92 Å². The molecule has 0 aliphatic heterocycles. The average molecular weight is 307 g/mol. The van der Waals surface area contributed by atoms with E-state index in [0.717, 1.165) is 16.3 Å². The number of rotatable bonds is 5. The van der Waals surface area contributed by atoms with Gasteiger partial charge in [-0.2, -0.15) is 0 Å². The largest absolute Gasteiger partial charge is 0.492 e. The van der Waals surface area contributed by atoms with Gasteiger partial charge in [0, 0.05) is 5.02 Å². The molecule has 0 radical (unpaired) electrons. The second kappa shape index (κ2) is 6.76. The van der Waals surface area contributed by atoms with Gasteiger partial charge in [-0.05, 0) is 30.7 Å². The van der Waals surface area contributed by atoms with Crippen molar-refractivity contribution < 1.29 is 9.53 Å². The highest BCUT2D eigenvalue weighted by Gasteiger charge is 1.99. The summed E-state index contributed by atoms with van der Waals surface area (Å²) in [6.45, 7) is 2.85. The Kier molecular flexibility index (Phi) is 5.63. The third-order valence-electron chi connectivity index (χ3n) is 1.94. The van der Waals surface area contributed by atoms with E-state index in [-0.39, 0.29) is 5.91 Å². The maximum Gasteiger partial charge on any atom is 0.230 e. The number of hydrogen-bond acceptors (Lipinski definition) is 2. The van der Waals surface area contributed by atoms with Gasteiger partial charge in [-0.3, -0.25) is 4.79 Å². The fourth-order valence-electron chi connectivity index (χ4n) is 1.11. The SMILES string of the molecule is Cc1cc(OCCNC(=O)CBr)ccc1Cl. The summed E-state index contributed by atoms with van der Waals surface area (Å²) >= 11 is 8.95. The lowest BCUT2D eigenvalue weighted by Crippen LogP contribution is -2.28. The van der Waals surface area contributed by atoms with Crippen LogP contribution in [0.5, 0.6) is 5.75 Å². The first-order valence-electron chi connectivity index (χ1n) is 4.85. The Morgan fingerprint density at radius 3 is 2.94 bits per heavy atom. The zero-order valence-electron chi connectivity index (χ0n) is 8.93. The van der Waals surface area contributed by atoms with Crippen molar-refractivity contribution >= 4 is 33.4 Å². The molecule has 0 unspecified atom stereocenters. The highest BCUT2D eigenvalue weighted by molar-refractivity contribution is 9.09. The molecular formula is C11H13BrClNO2. The smallest absolute Gasteiger partial charge is 0.230 e. The Labute approximate surface area is 108 Å². The molecule has 0 saturated carbocycles. The summed E-state index contributed by atoms with van der Waals surface area (Å²) < 4.78 is 5.45. The number of aryl methyl sites for hydroxylation is 1. The second-order valence-electron chi connectivity index (χ2n) is 3.24. The van der Waals surface area contributed by atoms with Crippen LogP contribution in [-0.2, 0) is 4.79 Å². The van der Waals surface area contributed by atoms with Crippen LogP contribution in [0.3, 0.4) is 0 Å². The molecule has 1 rings (SSSR count). The number of halogens is 2. The topological polar surface area (TPSA) is 38.3 Å². The third-order valence-corrected chi connectivity index (χ3v) is 2.88. The van der Waals surface area contributed by atoms with E-state index in [1.54, 1.807) is 6.07 Å². The van der Waals surface area contributed by atoms with Gasteiger partial charge >= 0.3 is 0 Å². The van der Waals surface area contributed by atoms with E-state index < -0.39 is 0 Å². The molecule has 0 bridgehead atoms. The van der Waals surface area contributed by atoms with Crippen molar-refractivity contribution in [2.75, 3.05) is 18.5 Å². The minimum atomic E-state index is -0.0455. The van der Waals surface area contributed by atoms with Crippen molar-refractivity contribution in [3.8, 4) is 5.75 Å². The first-order chi connectivity index (χ1) is 7.63. The van der Waals surface area contributed by atoms with E-state index >= 15 is 0 Å². The second-order valence-corrected chi connectivity index (χ2v) is 4.21. The quantitative estimate of drug-likeness (QED) is 0.670. The zero-order valence-corrected chi connectivity index (χ0v) is 11.3.